The molecule has 1 saturated heterocycles. The van der Waals surface area contributed by atoms with Crippen molar-refractivity contribution >= 4 is 41.4 Å². The Bertz CT molecular complexity index is 1190. The molecule has 2 aromatic heterocycles. The number of carbonyl (C=O) groups is 2. The normalized spacial score (nSPS) is 17.2. The van der Waals surface area contributed by atoms with Gasteiger partial charge < -0.3 is 10.4 Å². The molecule has 9 nitrogen and oxygen atoms in total. The fourth-order valence-corrected chi connectivity index (χ4v) is 4.00. The minimum absolute atomic E-state index is 0.0199. The van der Waals surface area contributed by atoms with Crippen molar-refractivity contribution < 1.29 is 14.7 Å². The number of hydrogen-bond donors (Lipinski definition) is 3. The number of thiocarbonyl (C=S) groups is 1. The van der Waals surface area contributed by atoms with Crippen LogP contribution in [0, 0.1) is 10.7 Å². The average molecular weight is 458 g/mol. The molecule has 3 heterocycles. The highest BCUT2D eigenvalue weighted by Gasteiger charge is 2.46. The number of rotatable bonds is 7. The van der Waals surface area contributed by atoms with Crippen molar-refractivity contribution in [3.05, 3.63) is 76.1 Å². The predicted molar refractivity (Wildman–Crippen MR) is 120 cm³/mol. The van der Waals surface area contributed by atoms with Gasteiger partial charge in [0, 0.05) is 31.4 Å². The van der Waals surface area contributed by atoms with E-state index in [-0.39, 0.29) is 28.5 Å². The molecule has 3 N–H and O–H groups in total. The van der Waals surface area contributed by atoms with Gasteiger partial charge >= 0.3 is 0 Å². The molecule has 1 fully saturated rings. The van der Waals surface area contributed by atoms with E-state index in [1.807, 2.05) is 0 Å². The van der Waals surface area contributed by atoms with E-state index in [9.17, 15) is 19.5 Å². The Kier molecular flexibility index (Phi) is 6.56. The minimum Gasteiger partial charge on any atom is -0.494 e. The molecule has 2 amide bonds. The van der Waals surface area contributed by atoms with Crippen molar-refractivity contribution in [2.24, 2.45) is 5.92 Å². The first kappa shape index (κ1) is 22.2. The summed E-state index contributed by atoms with van der Waals surface area (Å²) in [5.74, 6) is -4.28. The molecule has 2 aromatic rings. The highest BCUT2D eigenvalue weighted by atomic mass is 32.1. The van der Waals surface area contributed by atoms with E-state index in [0.29, 0.717) is 5.56 Å². The van der Waals surface area contributed by atoms with Crippen LogP contribution >= 0.6 is 24.4 Å². The number of H-pyrrole nitrogens is 1. The number of amides is 2. The lowest BCUT2D eigenvalue weighted by atomic mass is 9.79. The summed E-state index contributed by atoms with van der Waals surface area (Å²) in [6, 6.07) is 3.13. The number of aromatic hydroxyl groups is 1. The van der Waals surface area contributed by atoms with Gasteiger partial charge in [-0.2, -0.15) is 0 Å². The van der Waals surface area contributed by atoms with Crippen molar-refractivity contribution in [2.45, 2.75) is 12.5 Å². The van der Waals surface area contributed by atoms with Gasteiger partial charge in [0.05, 0.1) is 5.56 Å². The van der Waals surface area contributed by atoms with Crippen molar-refractivity contribution in [2.75, 3.05) is 6.54 Å². The van der Waals surface area contributed by atoms with Crippen molar-refractivity contribution in [3.8, 4) is 5.88 Å². The fraction of sp³-hybridized carbons (Fsp3) is 0.200. The Balaban J connectivity index is 2.29. The molecule has 11 heteroatoms. The Labute approximate surface area is 187 Å². The van der Waals surface area contributed by atoms with Crippen LogP contribution in [-0.2, 0) is 16.1 Å². The van der Waals surface area contributed by atoms with Crippen LogP contribution in [0.1, 0.15) is 17.0 Å². The summed E-state index contributed by atoms with van der Waals surface area (Å²) in [7, 11) is 0. The minimum atomic E-state index is -1.38. The summed E-state index contributed by atoms with van der Waals surface area (Å²) < 4.78 is 1.23. The standard InChI is InChI=1S/C20H19N5O4S2/c1-3-9-24-17(28)13(15(26)22-19(24)30)12(11-5-7-21-8-6-11)14-16(27)23-20(31)25(10-4-2)18(14)29/h3-8,12-13,29H,1-2,9-10H2,(H,22,26,30)(H,23,27,31). The van der Waals surface area contributed by atoms with Gasteiger partial charge in [-0.3, -0.25) is 33.8 Å². The average Bonchev–Trinajstić information content (AvgIpc) is 2.73. The maximum Gasteiger partial charge on any atom is 0.259 e. The summed E-state index contributed by atoms with van der Waals surface area (Å²) in [5, 5.41) is 13.4. The molecule has 0 aromatic carbocycles. The Morgan fingerprint density at radius 1 is 1.16 bits per heavy atom. The largest absolute Gasteiger partial charge is 0.494 e. The van der Waals surface area contributed by atoms with E-state index < -0.39 is 35.1 Å². The predicted octanol–water partition coefficient (Wildman–Crippen LogP) is 1.37. The number of aromatic amines is 1. The molecule has 0 bridgehead atoms. The molecule has 0 saturated carbocycles. The SMILES string of the molecule is C=CCN1C(=O)C(C(c2ccncc2)c2c(O)n(CC=C)c(=S)[nH]c2=O)C(=O)NC1=S. The number of allylic oxidation sites excluding steroid dienone is 1. The molecule has 31 heavy (non-hydrogen) atoms. The maximum atomic E-state index is 13.3. The maximum absolute atomic E-state index is 13.3. The third-order valence-electron chi connectivity index (χ3n) is 4.83. The first-order valence-corrected chi connectivity index (χ1v) is 9.97. The number of nitrogens with zero attached hydrogens (tertiary/aromatic N) is 3. The monoisotopic (exact) mass is 457 g/mol. The first-order valence-electron chi connectivity index (χ1n) is 9.15. The summed E-state index contributed by atoms with van der Waals surface area (Å²) in [5.41, 5.74) is -0.465. The van der Waals surface area contributed by atoms with Crippen LogP contribution in [0.2, 0.25) is 0 Å². The molecule has 1 aliphatic rings. The Hall–Kier alpha value is -3.44. The molecule has 0 aliphatic carbocycles. The second-order valence-electron chi connectivity index (χ2n) is 6.66. The van der Waals surface area contributed by atoms with E-state index in [4.69, 9.17) is 24.4 Å². The number of pyridine rings is 1. The second-order valence-corrected chi connectivity index (χ2v) is 7.44. The summed E-state index contributed by atoms with van der Waals surface area (Å²) in [6.07, 6.45) is 5.88. The number of aromatic nitrogens is 3. The molecule has 0 radical (unpaired) electrons. The number of hydrogen-bond acceptors (Lipinski definition) is 7. The van der Waals surface area contributed by atoms with Crippen LogP contribution in [-0.4, -0.2) is 48.0 Å². The zero-order valence-electron chi connectivity index (χ0n) is 16.3. The Morgan fingerprint density at radius 3 is 2.42 bits per heavy atom. The van der Waals surface area contributed by atoms with Crippen molar-refractivity contribution in [1.82, 2.24) is 24.8 Å². The zero-order valence-corrected chi connectivity index (χ0v) is 17.9. The number of carbonyl (C=O) groups excluding carboxylic acids is 2. The van der Waals surface area contributed by atoms with E-state index in [1.54, 1.807) is 12.1 Å². The number of nitrogens with one attached hydrogen (secondary N) is 2. The lowest BCUT2D eigenvalue weighted by Gasteiger charge is -2.35. The van der Waals surface area contributed by atoms with Crippen LogP contribution in [0.4, 0.5) is 0 Å². The van der Waals surface area contributed by atoms with Crippen LogP contribution in [0.3, 0.4) is 0 Å². The molecule has 160 valence electrons. The van der Waals surface area contributed by atoms with Gasteiger partial charge in [0.15, 0.2) is 9.88 Å². The molecule has 1 aliphatic heterocycles. The van der Waals surface area contributed by atoms with Gasteiger partial charge in [-0.25, -0.2) is 0 Å². The van der Waals surface area contributed by atoms with Gasteiger partial charge in [0.2, 0.25) is 17.7 Å². The van der Waals surface area contributed by atoms with Crippen LogP contribution < -0.4 is 10.9 Å². The molecule has 2 unspecified atom stereocenters. The summed E-state index contributed by atoms with van der Waals surface area (Å²) in [4.78, 5) is 46.8. The first-order chi connectivity index (χ1) is 14.8. The van der Waals surface area contributed by atoms with Crippen LogP contribution in [0.15, 0.2) is 54.6 Å². The lowest BCUT2D eigenvalue weighted by Crippen LogP contribution is -2.59. The van der Waals surface area contributed by atoms with E-state index >= 15 is 0 Å². The Morgan fingerprint density at radius 2 is 1.81 bits per heavy atom. The highest BCUT2D eigenvalue weighted by Crippen LogP contribution is 2.37. The topological polar surface area (TPSA) is 120 Å². The van der Waals surface area contributed by atoms with E-state index in [2.05, 4.69) is 28.4 Å². The van der Waals surface area contributed by atoms with E-state index in [0.717, 1.165) is 0 Å². The molecule has 3 rings (SSSR count). The smallest absolute Gasteiger partial charge is 0.259 e. The molecular weight excluding hydrogens is 438 g/mol. The highest BCUT2D eigenvalue weighted by molar-refractivity contribution is 7.80. The zero-order chi connectivity index (χ0) is 22.7. The third-order valence-corrected chi connectivity index (χ3v) is 5.47. The van der Waals surface area contributed by atoms with Gasteiger partial charge in [-0.05, 0) is 42.1 Å². The lowest BCUT2D eigenvalue weighted by molar-refractivity contribution is -0.141. The summed E-state index contributed by atoms with van der Waals surface area (Å²) in [6.45, 7) is 7.40. The van der Waals surface area contributed by atoms with Crippen LogP contribution in [0.5, 0.6) is 5.88 Å². The molecule has 2 atom stereocenters. The van der Waals surface area contributed by atoms with Gasteiger partial charge in [-0.1, -0.05) is 12.2 Å². The van der Waals surface area contributed by atoms with Crippen molar-refractivity contribution in [1.29, 1.82) is 0 Å². The fourth-order valence-electron chi connectivity index (χ4n) is 3.48. The van der Waals surface area contributed by atoms with Gasteiger partial charge in [-0.15, -0.1) is 13.2 Å². The van der Waals surface area contributed by atoms with E-state index in [1.165, 1.54) is 34.0 Å². The summed E-state index contributed by atoms with van der Waals surface area (Å²) >= 11 is 10.2. The molecule has 0 spiro atoms. The van der Waals surface area contributed by atoms with Crippen LogP contribution in [0.25, 0.3) is 0 Å². The van der Waals surface area contributed by atoms with Crippen molar-refractivity contribution in [3.63, 3.8) is 0 Å². The molecular formula is C20H19N5O4S2. The van der Waals surface area contributed by atoms with Gasteiger partial charge in [0.1, 0.15) is 5.92 Å². The third kappa shape index (κ3) is 4.09. The van der Waals surface area contributed by atoms with Gasteiger partial charge in [0.25, 0.3) is 5.56 Å². The quantitative estimate of drug-likeness (QED) is 0.326. The second kappa shape index (κ2) is 9.14.